The van der Waals surface area contributed by atoms with Gasteiger partial charge in [-0.05, 0) is 50.7 Å². The van der Waals surface area contributed by atoms with Crippen molar-refractivity contribution in [3.8, 4) is 0 Å². The van der Waals surface area contributed by atoms with Crippen LogP contribution >= 0.6 is 35.7 Å². The number of hydrogen-bond acceptors (Lipinski definition) is 3. The fourth-order valence-corrected chi connectivity index (χ4v) is 3.92. The van der Waals surface area contributed by atoms with Gasteiger partial charge < -0.3 is 15.5 Å². The zero-order chi connectivity index (χ0) is 16.5. The van der Waals surface area contributed by atoms with Gasteiger partial charge in [-0.1, -0.05) is 24.3 Å². The Kier molecular flexibility index (Phi) is 10.8. The van der Waals surface area contributed by atoms with Crippen LogP contribution in [0.3, 0.4) is 0 Å². The molecule has 0 saturated carbocycles. The molecule has 1 heterocycles. The number of nitrogens with zero attached hydrogens (tertiary/aromatic N) is 2. The van der Waals surface area contributed by atoms with E-state index >= 15 is 0 Å². The van der Waals surface area contributed by atoms with E-state index in [2.05, 4.69) is 72.6 Å². The van der Waals surface area contributed by atoms with E-state index in [-0.39, 0.29) is 24.0 Å². The highest BCUT2D eigenvalue weighted by molar-refractivity contribution is 14.0. The second kappa shape index (κ2) is 12.0. The Bertz CT molecular complexity index is 502. The van der Waals surface area contributed by atoms with E-state index < -0.39 is 0 Å². The molecule has 1 aromatic rings. The van der Waals surface area contributed by atoms with E-state index in [4.69, 9.17) is 4.99 Å². The van der Waals surface area contributed by atoms with Crippen molar-refractivity contribution in [3.05, 3.63) is 35.4 Å². The molecule has 2 rings (SSSR count). The van der Waals surface area contributed by atoms with E-state index in [1.54, 1.807) is 0 Å². The zero-order valence-corrected chi connectivity index (χ0v) is 18.2. The molecule has 1 saturated heterocycles. The molecule has 2 N–H and O–H groups in total. The summed E-state index contributed by atoms with van der Waals surface area (Å²) in [5, 5.41) is 7.57. The van der Waals surface area contributed by atoms with Gasteiger partial charge in [-0.25, -0.2) is 4.99 Å². The predicted molar refractivity (Wildman–Crippen MR) is 118 cm³/mol. The Balaban J connectivity index is 0.00000288. The third kappa shape index (κ3) is 8.07. The Morgan fingerprint density at radius 1 is 1.29 bits per heavy atom. The summed E-state index contributed by atoms with van der Waals surface area (Å²) in [5.74, 6) is 2.23. The molecule has 136 valence electrons. The molecule has 0 aromatic heterocycles. The highest BCUT2D eigenvalue weighted by Gasteiger charge is 2.15. The van der Waals surface area contributed by atoms with E-state index in [9.17, 15) is 0 Å². The van der Waals surface area contributed by atoms with Gasteiger partial charge in [-0.15, -0.1) is 24.0 Å². The van der Waals surface area contributed by atoms with Gasteiger partial charge >= 0.3 is 0 Å². The SMILES string of the molecule is CCNC(=NCc1cccc(CN(C)C)c1)NCC1CCCS1.I. The van der Waals surface area contributed by atoms with Crippen LogP contribution in [0.2, 0.25) is 0 Å². The van der Waals surface area contributed by atoms with Gasteiger partial charge in [0.15, 0.2) is 5.96 Å². The van der Waals surface area contributed by atoms with Crippen LogP contribution in [0, 0.1) is 0 Å². The smallest absolute Gasteiger partial charge is 0.191 e. The first-order chi connectivity index (χ1) is 11.2. The zero-order valence-electron chi connectivity index (χ0n) is 15.0. The Labute approximate surface area is 168 Å². The molecule has 1 aromatic carbocycles. The quantitative estimate of drug-likeness (QED) is 0.371. The van der Waals surface area contributed by atoms with Crippen LogP contribution in [0.25, 0.3) is 0 Å². The number of benzene rings is 1. The minimum atomic E-state index is 0. The Morgan fingerprint density at radius 2 is 2.08 bits per heavy atom. The Morgan fingerprint density at radius 3 is 2.75 bits per heavy atom. The molecule has 1 fully saturated rings. The maximum Gasteiger partial charge on any atom is 0.191 e. The van der Waals surface area contributed by atoms with Gasteiger partial charge in [-0.2, -0.15) is 11.8 Å². The molecule has 1 aliphatic heterocycles. The molecule has 0 spiro atoms. The van der Waals surface area contributed by atoms with Crippen LogP contribution in [0.1, 0.15) is 30.9 Å². The number of thioether (sulfide) groups is 1. The van der Waals surface area contributed by atoms with Crippen molar-refractivity contribution in [3.63, 3.8) is 0 Å². The predicted octanol–water partition coefficient (Wildman–Crippen LogP) is 3.32. The highest BCUT2D eigenvalue weighted by atomic mass is 127. The van der Waals surface area contributed by atoms with Crippen molar-refractivity contribution in [2.24, 2.45) is 4.99 Å². The molecular formula is C18H31IN4S. The van der Waals surface area contributed by atoms with Crippen molar-refractivity contribution in [1.29, 1.82) is 0 Å². The van der Waals surface area contributed by atoms with Crippen LogP contribution in [0.15, 0.2) is 29.3 Å². The highest BCUT2D eigenvalue weighted by Crippen LogP contribution is 2.25. The maximum atomic E-state index is 4.74. The number of rotatable bonds is 7. The summed E-state index contributed by atoms with van der Waals surface area (Å²) in [7, 11) is 4.19. The number of hydrogen-bond donors (Lipinski definition) is 2. The second-order valence-electron chi connectivity index (χ2n) is 6.27. The first-order valence-electron chi connectivity index (χ1n) is 8.53. The van der Waals surface area contributed by atoms with E-state index in [0.717, 1.165) is 30.8 Å². The molecule has 1 atom stereocenters. The van der Waals surface area contributed by atoms with E-state index in [1.807, 2.05) is 0 Å². The number of aliphatic imine (C=N–C) groups is 1. The van der Waals surface area contributed by atoms with Crippen LogP contribution < -0.4 is 10.6 Å². The summed E-state index contributed by atoms with van der Waals surface area (Å²) in [6.45, 7) is 5.70. The van der Waals surface area contributed by atoms with Crippen LogP contribution in [0.5, 0.6) is 0 Å². The molecule has 24 heavy (non-hydrogen) atoms. The van der Waals surface area contributed by atoms with Crippen LogP contribution in [-0.2, 0) is 13.1 Å². The summed E-state index contributed by atoms with van der Waals surface area (Å²) < 4.78 is 0. The van der Waals surface area contributed by atoms with Gasteiger partial charge in [0.25, 0.3) is 0 Å². The van der Waals surface area contributed by atoms with Crippen molar-refractivity contribution >= 4 is 41.7 Å². The third-order valence-corrected chi connectivity index (χ3v) is 5.17. The lowest BCUT2D eigenvalue weighted by atomic mass is 10.1. The second-order valence-corrected chi connectivity index (χ2v) is 7.68. The van der Waals surface area contributed by atoms with Gasteiger partial charge in [0.1, 0.15) is 0 Å². The van der Waals surface area contributed by atoms with Crippen LogP contribution in [0.4, 0.5) is 0 Å². The molecule has 0 amide bonds. The minimum Gasteiger partial charge on any atom is -0.357 e. The number of halogens is 1. The van der Waals surface area contributed by atoms with E-state index in [1.165, 1.54) is 29.7 Å². The topological polar surface area (TPSA) is 39.7 Å². The maximum absolute atomic E-state index is 4.74. The number of guanidine groups is 1. The molecular weight excluding hydrogens is 431 g/mol. The molecule has 0 aliphatic carbocycles. The van der Waals surface area contributed by atoms with Crippen LogP contribution in [-0.4, -0.2) is 49.0 Å². The van der Waals surface area contributed by atoms with Gasteiger partial charge in [0, 0.05) is 24.9 Å². The van der Waals surface area contributed by atoms with E-state index in [0.29, 0.717) is 6.54 Å². The molecule has 1 unspecified atom stereocenters. The fraction of sp³-hybridized carbons (Fsp3) is 0.611. The normalized spacial score (nSPS) is 17.7. The van der Waals surface area contributed by atoms with Crippen molar-refractivity contribution in [2.45, 2.75) is 38.1 Å². The lowest BCUT2D eigenvalue weighted by molar-refractivity contribution is 0.402. The van der Waals surface area contributed by atoms with Crippen molar-refractivity contribution in [2.75, 3.05) is 32.9 Å². The average Bonchev–Trinajstić information content (AvgIpc) is 3.03. The summed E-state index contributed by atoms with van der Waals surface area (Å²) in [5.41, 5.74) is 2.60. The molecule has 0 bridgehead atoms. The summed E-state index contributed by atoms with van der Waals surface area (Å²) in [6, 6.07) is 8.70. The number of nitrogens with one attached hydrogen (secondary N) is 2. The van der Waals surface area contributed by atoms with Gasteiger partial charge in [0.05, 0.1) is 6.54 Å². The molecule has 1 aliphatic rings. The van der Waals surface area contributed by atoms with Gasteiger partial charge in [-0.3, -0.25) is 0 Å². The lowest BCUT2D eigenvalue weighted by Gasteiger charge is -2.15. The first kappa shape index (κ1) is 21.6. The summed E-state index contributed by atoms with van der Waals surface area (Å²) in [4.78, 5) is 6.92. The van der Waals surface area contributed by atoms with Gasteiger partial charge in [0.2, 0.25) is 0 Å². The fourth-order valence-electron chi connectivity index (χ4n) is 2.72. The molecule has 4 nitrogen and oxygen atoms in total. The Hall–Kier alpha value is -0.470. The lowest BCUT2D eigenvalue weighted by Crippen LogP contribution is -2.40. The average molecular weight is 462 g/mol. The van der Waals surface area contributed by atoms with Crippen molar-refractivity contribution < 1.29 is 0 Å². The standard InChI is InChI=1S/C18H30N4S.HI/c1-4-19-18(21-13-17-9-6-10-23-17)20-12-15-7-5-8-16(11-15)14-22(2)3;/h5,7-8,11,17H,4,6,9-10,12-14H2,1-3H3,(H2,19,20,21);1H. The third-order valence-electron chi connectivity index (χ3n) is 3.78. The largest absolute Gasteiger partial charge is 0.357 e. The summed E-state index contributed by atoms with van der Waals surface area (Å²) >= 11 is 2.07. The molecule has 6 heteroatoms. The summed E-state index contributed by atoms with van der Waals surface area (Å²) in [6.07, 6.45) is 2.67. The minimum absolute atomic E-state index is 0. The van der Waals surface area contributed by atoms with Crippen molar-refractivity contribution in [1.82, 2.24) is 15.5 Å². The first-order valence-corrected chi connectivity index (χ1v) is 9.58. The molecule has 0 radical (unpaired) electrons. The monoisotopic (exact) mass is 462 g/mol.